The van der Waals surface area contributed by atoms with Gasteiger partial charge in [-0.05, 0) is 65.1 Å². The van der Waals surface area contributed by atoms with Crippen molar-refractivity contribution in [1.82, 2.24) is 20.1 Å². The third kappa shape index (κ3) is 3.99. The van der Waals surface area contributed by atoms with E-state index < -0.39 is 0 Å². The van der Waals surface area contributed by atoms with Gasteiger partial charge in [-0.25, -0.2) is 4.98 Å². The van der Waals surface area contributed by atoms with Gasteiger partial charge in [0.1, 0.15) is 5.01 Å². The Morgan fingerprint density at radius 2 is 2.14 bits per heavy atom. The van der Waals surface area contributed by atoms with Crippen LogP contribution in [-0.4, -0.2) is 73.7 Å². The lowest BCUT2D eigenvalue weighted by Crippen LogP contribution is -2.65. The van der Waals surface area contributed by atoms with Gasteiger partial charge in [-0.15, -0.1) is 11.3 Å². The molecule has 7 heteroatoms. The standard InChI is InChI=1S/C21H34N4O2S/c1-24-12-9-21(20(26)22-10-13-27-2)8-5-11-25(18(21)14-24)15-19-23-16-6-3-4-7-17(16)28-19/h18H,3-15H2,1-2H3,(H,22,26)/t18-,21+/m0/s1. The average molecular weight is 407 g/mol. The SMILES string of the molecule is COCCNC(=O)[C@@]12CCCN(Cc3nc4c(s3)CCCC4)[C@H]1CN(C)CC2. The number of hydrogen-bond donors (Lipinski definition) is 1. The van der Waals surface area contributed by atoms with Gasteiger partial charge < -0.3 is 15.0 Å². The Hall–Kier alpha value is -1.02. The number of hydrogen-bond acceptors (Lipinski definition) is 6. The van der Waals surface area contributed by atoms with Crippen molar-refractivity contribution in [3.63, 3.8) is 0 Å². The Balaban J connectivity index is 1.52. The molecule has 0 radical (unpaired) electrons. The molecule has 156 valence electrons. The monoisotopic (exact) mass is 406 g/mol. The molecule has 3 aliphatic rings. The first-order valence-electron chi connectivity index (χ1n) is 10.8. The van der Waals surface area contributed by atoms with Crippen LogP contribution in [0.15, 0.2) is 0 Å². The molecule has 0 saturated carbocycles. The van der Waals surface area contributed by atoms with Crippen molar-refractivity contribution in [3.05, 3.63) is 15.6 Å². The van der Waals surface area contributed by atoms with E-state index in [4.69, 9.17) is 9.72 Å². The Bertz CT molecular complexity index is 670. The van der Waals surface area contributed by atoms with Crippen molar-refractivity contribution in [2.45, 2.75) is 57.5 Å². The van der Waals surface area contributed by atoms with E-state index >= 15 is 0 Å². The number of methoxy groups -OCH3 is 1. The summed E-state index contributed by atoms with van der Waals surface area (Å²) in [6, 6.07) is 0.267. The van der Waals surface area contributed by atoms with Crippen molar-refractivity contribution < 1.29 is 9.53 Å². The Kier molecular flexibility index (Phi) is 6.35. The second kappa shape index (κ2) is 8.78. The van der Waals surface area contributed by atoms with Crippen molar-refractivity contribution in [1.29, 1.82) is 0 Å². The van der Waals surface area contributed by atoms with Gasteiger partial charge in [0, 0.05) is 31.1 Å². The van der Waals surface area contributed by atoms with Crippen LogP contribution in [0.5, 0.6) is 0 Å². The fraction of sp³-hybridized carbons (Fsp3) is 0.810. The van der Waals surface area contributed by atoms with Crippen LogP contribution >= 0.6 is 11.3 Å². The number of amides is 1. The number of piperidine rings is 2. The van der Waals surface area contributed by atoms with Crippen LogP contribution in [-0.2, 0) is 28.9 Å². The summed E-state index contributed by atoms with van der Waals surface area (Å²) in [5.41, 5.74) is 1.07. The van der Waals surface area contributed by atoms with E-state index in [9.17, 15) is 4.79 Å². The first-order valence-corrected chi connectivity index (χ1v) is 11.6. The second-order valence-corrected chi connectivity index (χ2v) is 9.86. The Labute approximate surface area is 172 Å². The molecule has 0 unspecified atom stereocenters. The molecule has 28 heavy (non-hydrogen) atoms. The number of aromatic nitrogens is 1. The molecule has 0 aromatic carbocycles. The number of nitrogens with one attached hydrogen (secondary N) is 1. The summed E-state index contributed by atoms with van der Waals surface area (Å²) in [6.07, 6.45) is 7.94. The van der Waals surface area contributed by atoms with Gasteiger partial charge in [0.15, 0.2) is 0 Å². The lowest BCUT2D eigenvalue weighted by Gasteiger charge is -2.53. The quantitative estimate of drug-likeness (QED) is 0.733. The zero-order valence-electron chi connectivity index (χ0n) is 17.3. The van der Waals surface area contributed by atoms with Gasteiger partial charge in [0.05, 0.1) is 24.3 Å². The van der Waals surface area contributed by atoms with Crippen LogP contribution in [0, 0.1) is 5.41 Å². The Morgan fingerprint density at radius 3 is 2.96 bits per heavy atom. The minimum absolute atomic E-state index is 0.228. The molecule has 6 nitrogen and oxygen atoms in total. The molecule has 2 atom stereocenters. The summed E-state index contributed by atoms with van der Waals surface area (Å²) in [7, 11) is 3.86. The van der Waals surface area contributed by atoms with Crippen molar-refractivity contribution in [3.8, 4) is 0 Å². The molecule has 1 N–H and O–H groups in total. The molecule has 1 aliphatic carbocycles. The molecule has 4 rings (SSSR count). The van der Waals surface area contributed by atoms with Crippen LogP contribution in [0.3, 0.4) is 0 Å². The lowest BCUT2D eigenvalue weighted by atomic mass is 9.67. The van der Waals surface area contributed by atoms with Gasteiger partial charge >= 0.3 is 0 Å². The van der Waals surface area contributed by atoms with Gasteiger partial charge in [0.25, 0.3) is 0 Å². The van der Waals surface area contributed by atoms with E-state index in [1.54, 1.807) is 7.11 Å². The number of aryl methyl sites for hydroxylation is 2. The summed E-state index contributed by atoms with van der Waals surface area (Å²) in [4.78, 5) is 24.7. The topological polar surface area (TPSA) is 57.7 Å². The number of likely N-dealkylation sites (N-methyl/N-ethyl adjacent to an activating group) is 1. The second-order valence-electron chi connectivity index (χ2n) is 8.69. The fourth-order valence-electron chi connectivity index (χ4n) is 5.29. The first kappa shape index (κ1) is 20.3. The summed E-state index contributed by atoms with van der Waals surface area (Å²) < 4.78 is 5.13. The highest BCUT2D eigenvalue weighted by molar-refractivity contribution is 7.11. The molecule has 0 bridgehead atoms. The number of fused-ring (bicyclic) bond motifs is 2. The minimum Gasteiger partial charge on any atom is -0.383 e. The van der Waals surface area contributed by atoms with Gasteiger partial charge in [-0.3, -0.25) is 9.69 Å². The molecule has 0 spiro atoms. The molecule has 1 amide bonds. The van der Waals surface area contributed by atoms with Crippen LogP contribution in [0.4, 0.5) is 0 Å². The summed E-state index contributed by atoms with van der Waals surface area (Å²) in [5, 5.41) is 4.41. The summed E-state index contributed by atoms with van der Waals surface area (Å²) >= 11 is 1.91. The van der Waals surface area contributed by atoms with E-state index in [0.717, 1.165) is 51.9 Å². The van der Waals surface area contributed by atoms with Gasteiger partial charge in [-0.1, -0.05) is 0 Å². The maximum atomic E-state index is 13.3. The number of ether oxygens (including phenoxy) is 1. The van der Waals surface area contributed by atoms with Crippen LogP contribution in [0.25, 0.3) is 0 Å². The van der Waals surface area contributed by atoms with Crippen molar-refractivity contribution in [2.24, 2.45) is 5.41 Å². The molecule has 1 aromatic rings. The molecule has 2 aliphatic heterocycles. The fourth-order valence-corrected chi connectivity index (χ4v) is 6.47. The van der Waals surface area contributed by atoms with Crippen molar-refractivity contribution >= 4 is 17.2 Å². The van der Waals surface area contributed by atoms with E-state index in [-0.39, 0.29) is 17.4 Å². The molecule has 1 aromatic heterocycles. The number of nitrogens with zero attached hydrogens (tertiary/aromatic N) is 3. The molecule has 2 fully saturated rings. The smallest absolute Gasteiger partial charge is 0.227 e. The largest absolute Gasteiger partial charge is 0.383 e. The first-order chi connectivity index (χ1) is 13.6. The number of likely N-dealkylation sites (tertiary alicyclic amines) is 2. The number of thiazole rings is 1. The molecular weight excluding hydrogens is 372 g/mol. The number of carbonyl (C=O) groups excluding carboxylic acids is 1. The van der Waals surface area contributed by atoms with Crippen LogP contribution in [0.2, 0.25) is 0 Å². The maximum Gasteiger partial charge on any atom is 0.227 e. The highest BCUT2D eigenvalue weighted by Gasteiger charge is 2.52. The third-order valence-electron chi connectivity index (χ3n) is 6.84. The predicted octanol–water partition coefficient (Wildman–Crippen LogP) is 2.07. The zero-order chi connectivity index (χ0) is 19.6. The number of carbonyl (C=O) groups is 1. The highest BCUT2D eigenvalue weighted by atomic mass is 32.1. The van der Waals surface area contributed by atoms with E-state index in [1.165, 1.54) is 34.8 Å². The maximum absolute atomic E-state index is 13.3. The van der Waals surface area contributed by atoms with E-state index in [2.05, 4.69) is 22.2 Å². The van der Waals surface area contributed by atoms with Gasteiger partial charge in [-0.2, -0.15) is 0 Å². The molecule has 2 saturated heterocycles. The van der Waals surface area contributed by atoms with Crippen molar-refractivity contribution in [2.75, 3.05) is 46.9 Å². The highest BCUT2D eigenvalue weighted by Crippen LogP contribution is 2.43. The van der Waals surface area contributed by atoms with Crippen LogP contribution in [0.1, 0.15) is 47.7 Å². The van der Waals surface area contributed by atoms with E-state index in [0.29, 0.717) is 13.2 Å². The predicted molar refractivity (Wildman–Crippen MR) is 112 cm³/mol. The Morgan fingerprint density at radius 1 is 1.29 bits per heavy atom. The minimum atomic E-state index is -0.268. The van der Waals surface area contributed by atoms with Gasteiger partial charge in [0.2, 0.25) is 5.91 Å². The molecular formula is C21H34N4O2S. The third-order valence-corrected chi connectivity index (χ3v) is 7.99. The normalized spacial score (nSPS) is 28.6. The number of rotatable bonds is 6. The summed E-state index contributed by atoms with van der Waals surface area (Å²) in [5.74, 6) is 0.228. The average Bonchev–Trinajstić information content (AvgIpc) is 3.11. The molecule has 3 heterocycles. The lowest BCUT2D eigenvalue weighted by molar-refractivity contribution is -0.145. The summed E-state index contributed by atoms with van der Waals surface area (Å²) in [6.45, 7) is 5.08. The van der Waals surface area contributed by atoms with Crippen LogP contribution < -0.4 is 5.32 Å². The zero-order valence-corrected chi connectivity index (χ0v) is 18.2. The van der Waals surface area contributed by atoms with E-state index in [1.807, 2.05) is 11.3 Å².